The molecule has 4 N–H and O–H groups in total. The van der Waals surface area contributed by atoms with Crippen LogP contribution in [0.4, 0.5) is 0 Å². The summed E-state index contributed by atoms with van der Waals surface area (Å²) in [6.45, 7) is 3.65. The van der Waals surface area contributed by atoms with Gasteiger partial charge in [0.05, 0.1) is 18.6 Å². The fourth-order valence-electron chi connectivity index (χ4n) is 2.84. The minimum atomic E-state index is -0.226. The molecule has 1 saturated heterocycles. The van der Waals surface area contributed by atoms with Gasteiger partial charge in [-0.3, -0.25) is 9.69 Å². The van der Waals surface area contributed by atoms with Gasteiger partial charge in [-0.25, -0.2) is 0 Å². The number of nitrogens with one attached hydrogen (secondary N) is 1. The Morgan fingerprint density at radius 3 is 2.54 bits per heavy atom. The summed E-state index contributed by atoms with van der Waals surface area (Å²) < 4.78 is 5.11. The average molecular weight is 335 g/mol. The third kappa shape index (κ3) is 6.20. The van der Waals surface area contributed by atoms with Crippen molar-refractivity contribution in [3.63, 3.8) is 0 Å². The van der Waals surface area contributed by atoms with E-state index in [2.05, 4.69) is 22.3 Å². The molecule has 1 aliphatic heterocycles. The van der Waals surface area contributed by atoms with Gasteiger partial charge in [0.25, 0.3) is 0 Å². The largest absolute Gasteiger partial charge is 0.393 e. The number of aliphatic hydroxyl groups is 1. The first-order valence-corrected chi connectivity index (χ1v) is 8.58. The molecule has 1 heterocycles. The molecule has 0 radical (unpaired) electrons. The molecular weight excluding hydrogens is 306 g/mol. The maximum atomic E-state index is 11.8. The van der Waals surface area contributed by atoms with Crippen LogP contribution in [0.25, 0.3) is 0 Å². The fraction of sp³-hybridized carbons (Fsp3) is 0.611. The molecule has 0 spiro atoms. The number of likely N-dealkylation sites (tertiary alicyclic amines) is 1. The van der Waals surface area contributed by atoms with Crippen LogP contribution in [0.1, 0.15) is 30.4 Å². The molecule has 1 unspecified atom stereocenters. The van der Waals surface area contributed by atoms with Crippen molar-refractivity contribution in [3.05, 3.63) is 35.4 Å². The highest BCUT2D eigenvalue weighted by Crippen LogP contribution is 2.14. The van der Waals surface area contributed by atoms with Crippen LogP contribution in [0, 0.1) is 0 Å². The Balaban J connectivity index is 1.74. The van der Waals surface area contributed by atoms with Gasteiger partial charge in [0, 0.05) is 39.8 Å². The van der Waals surface area contributed by atoms with Crippen molar-refractivity contribution < 1.29 is 14.6 Å². The molecular formula is C18H29N3O3. The molecule has 134 valence electrons. The lowest BCUT2D eigenvalue weighted by atomic mass is 10.1. The van der Waals surface area contributed by atoms with E-state index in [0.717, 1.165) is 38.0 Å². The normalized spacial score (nSPS) is 17.6. The Labute approximate surface area is 144 Å². The molecule has 6 heteroatoms. The second-order valence-electron chi connectivity index (χ2n) is 6.40. The Hall–Kier alpha value is -1.47. The maximum absolute atomic E-state index is 11.8. The van der Waals surface area contributed by atoms with E-state index < -0.39 is 0 Å². The minimum absolute atomic E-state index is 0.0525. The number of rotatable bonds is 8. The number of nitrogens with two attached hydrogens (primary N) is 1. The van der Waals surface area contributed by atoms with Crippen molar-refractivity contribution in [1.82, 2.24) is 10.2 Å². The lowest BCUT2D eigenvalue weighted by molar-refractivity contribution is -0.123. The zero-order chi connectivity index (χ0) is 17.4. The highest BCUT2D eigenvalue weighted by atomic mass is 16.5. The SMILES string of the molecule is COC(CN)CC(=O)NCc1ccc(CN2CCC(O)CC2)cc1. The molecule has 0 aliphatic carbocycles. The number of aliphatic hydroxyl groups excluding tert-OH is 1. The summed E-state index contributed by atoms with van der Waals surface area (Å²) >= 11 is 0. The smallest absolute Gasteiger partial charge is 0.222 e. The number of piperidine rings is 1. The molecule has 1 aromatic rings. The van der Waals surface area contributed by atoms with Crippen molar-refractivity contribution in [2.75, 3.05) is 26.7 Å². The fourth-order valence-corrected chi connectivity index (χ4v) is 2.84. The quantitative estimate of drug-likeness (QED) is 0.648. The molecule has 1 amide bonds. The third-order valence-corrected chi connectivity index (χ3v) is 4.49. The Bertz CT molecular complexity index is 495. The van der Waals surface area contributed by atoms with Gasteiger partial charge in [-0.2, -0.15) is 0 Å². The predicted molar refractivity (Wildman–Crippen MR) is 93.3 cm³/mol. The number of ether oxygens (including phenoxy) is 1. The summed E-state index contributed by atoms with van der Waals surface area (Å²) in [6, 6.07) is 8.30. The topological polar surface area (TPSA) is 87.8 Å². The van der Waals surface area contributed by atoms with Crippen LogP contribution in [0.2, 0.25) is 0 Å². The van der Waals surface area contributed by atoms with E-state index >= 15 is 0 Å². The molecule has 0 saturated carbocycles. The zero-order valence-corrected chi connectivity index (χ0v) is 14.4. The van der Waals surface area contributed by atoms with Gasteiger partial charge in [0.2, 0.25) is 5.91 Å². The molecule has 24 heavy (non-hydrogen) atoms. The van der Waals surface area contributed by atoms with E-state index in [0.29, 0.717) is 13.1 Å². The third-order valence-electron chi connectivity index (χ3n) is 4.49. The summed E-state index contributed by atoms with van der Waals surface area (Å²) in [4.78, 5) is 14.2. The van der Waals surface area contributed by atoms with Crippen LogP contribution >= 0.6 is 0 Å². The van der Waals surface area contributed by atoms with Crippen LogP contribution in [-0.4, -0.2) is 54.9 Å². The molecule has 1 fully saturated rings. The number of carbonyl (C=O) groups is 1. The molecule has 0 aromatic heterocycles. The zero-order valence-electron chi connectivity index (χ0n) is 14.4. The minimum Gasteiger partial charge on any atom is -0.393 e. The van der Waals surface area contributed by atoms with Gasteiger partial charge in [-0.1, -0.05) is 24.3 Å². The Morgan fingerprint density at radius 2 is 1.96 bits per heavy atom. The highest BCUT2D eigenvalue weighted by molar-refractivity contribution is 5.76. The van der Waals surface area contributed by atoms with Crippen LogP contribution < -0.4 is 11.1 Å². The first-order valence-electron chi connectivity index (χ1n) is 8.58. The molecule has 0 bridgehead atoms. The number of carbonyl (C=O) groups excluding carboxylic acids is 1. The van der Waals surface area contributed by atoms with Gasteiger partial charge >= 0.3 is 0 Å². The number of hydrogen-bond acceptors (Lipinski definition) is 5. The van der Waals surface area contributed by atoms with Gasteiger partial charge in [-0.15, -0.1) is 0 Å². The van der Waals surface area contributed by atoms with Crippen molar-refractivity contribution in [1.29, 1.82) is 0 Å². The molecule has 1 aromatic carbocycles. The predicted octanol–water partition coefficient (Wildman–Crippen LogP) is 0.623. The van der Waals surface area contributed by atoms with Crippen LogP contribution in [0.15, 0.2) is 24.3 Å². The number of nitrogens with zero attached hydrogens (tertiary/aromatic N) is 1. The van der Waals surface area contributed by atoms with Gasteiger partial charge < -0.3 is 20.9 Å². The molecule has 6 nitrogen and oxygen atoms in total. The summed E-state index contributed by atoms with van der Waals surface area (Å²) in [5, 5.41) is 12.4. The second kappa shape index (κ2) is 9.74. The van der Waals surface area contributed by atoms with E-state index in [1.165, 1.54) is 5.56 Å². The number of benzene rings is 1. The summed E-state index contributed by atoms with van der Waals surface area (Å²) in [5.41, 5.74) is 7.84. The Morgan fingerprint density at radius 1 is 1.33 bits per heavy atom. The van der Waals surface area contributed by atoms with Crippen LogP contribution in [-0.2, 0) is 22.6 Å². The average Bonchev–Trinajstić information content (AvgIpc) is 2.61. The summed E-state index contributed by atoms with van der Waals surface area (Å²) in [5.74, 6) is -0.0525. The van der Waals surface area contributed by atoms with Gasteiger partial charge in [0.15, 0.2) is 0 Å². The standard InChI is InChI=1S/C18H29N3O3/c1-24-17(11-19)10-18(23)20-12-14-2-4-15(5-3-14)13-21-8-6-16(22)7-9-21/h2-5,16-17,22H,6-13,19H2,1H3,(H,20,23). The lowest BCUT2D eigenvalue weighted by Gasteiger charge is -2.29. The van der Waals surface area contributed by atoms with Crippen molar-refractivity contribution in [2.45, 2.75) is 44.6 Å². The Kier molecular flexibility index (Phi) is 7.65. The van der Waals surface area contributed by atoms with E-state index in [9.17, 15) is 9.90 Å². The summed E-state index contributed by atoms with van der Waals surface area (Å²) in [7, 11) is 1.56. The first-order chi connectivity index (χ1) is 11.6. The molecule has 1 aliphatic rings. The van der Waals surface area contributed by atoms with E-state index in [-0.39, 0.29) is 24.5 Å². The van der Waals surface area contributed by atoms with Crippen LogP contribution in [0.5, 0.6) is 0 Å². The monoisotopic (exact) mass is 335 g/mol. The second-order valence-corrected chi connectivity index (χ2v) is 6.40. The number of methoxy groups -OCH3 is 1. The van der Waals surface area contributed by atoms with E-state index in [4.69, 9.17) is 10.5 Å². The summed E-state index contributed by atoms with van der Waals surface area (Å²) in [6.07, 6.45) is 1.64. The van der Waals surface area contributed by atoms with Gasteiger partial charge in [-0.05, 0) is 24.0 Å². The number of hydrogen-bond donors (Lipinski definition) is 3. The van der Waals surface area contributed by atoms with Crippen molar-refractivity contribution >= 4 is 5.91 Å². The maximum Gasteiger partial charge on any atom is 0.222 e. The lowest BCUT2D eigenvalue weighted by Crippen LogP contribution is -2.35. The first kappa shape index (κ1) is 18.9. The van der Waals surface area contributed by atoms with E-state index in [1.54, 1.807) is 7.11 Å². The highest BCUT2D eigenvalue weighted by Gasteiger charge is 2.16. The van der Waals surface area contributed by atoms with E-state index in [1.807, 2.05) is 12.1 Å². The van der Waals surface area contributed by atoms with Crippen molar-refractivity contribution in [3.8, 4) is 0 Å². The van der Waals surface area contributed by atoms with Gasteiger partial charge in [0.1, 0.15) is 0 Å². The van der Waals surface area contributed by atoms with Crippen LogP contribution in [0.3, 0.4) is 0 Å². The molecule has 1 atom stereocenters. The van der Waals surface area contributed by atoms with Crippen molar-refractivity contribution in [2.24, 2.45) is 5.73 Å². The number of amides is 1. The molecule has 2 rings (SSSR count).